The second kappa shape index (κ2) is 7.96. The van der Waals surface area contributed by atoms with Crippen LogP contribution in [0, 0.1) is 18.3 Å². The molecule has 0 atom stereocenters. The number of nitrogens with zero attached hydrogens (tertiary/aromatic N) is 4. The number of carbonyl (C=O) groups excluding carboxylic acids is 1. The molecule has 4 aromatic rings. The average Bonchev–Trinajstić information content (AvgIpc) is 3.48. The van der Waals surface area contributed by atoms with Gasteiger partial charge in [0, 0.05) is 17.6 Å². The van der Waals surface area contributed by atoms with Gasteiger partial charge in [0.2, 0.25) is 5.13 Å². The lowest BCUT2D eigenvalue weighted by atomic mass is 10.2. The standard InChI is InChI=1S/C21H15N5O2S/c1-14-6-8-16(9-7-14)26-10-2-4-17(26)12-15(13-22)19(27)23-21-25-24-20(29-21)18-5-3-11-28-18/h2-12H,1H3,(H,23,25,27)/b15-12-. The van der Waals surface area contributed by atoms with Crippen molar-refractivity contribution in [2.45, 2.75) is 6.92 Å². The number of aromatic nitrogens is 3. The van der Waals surface area contributed by atoms with Gasteiger partial charge in [-0.15, -0.1) is 10.2 Å². The third-order valence-corrected chi connectivity index (χ3v) is 4.98. The number of carbonyl (C=O) groups is 1. The predicted octanol–water partition coefficient (Wildman–Crippen LogP) is 4.44. The highest BCUT2D eigenvalue weighted by molar-refractivity contribution is 7.18. The molecular formula is C21H15N5O2S. The van der Waals surface area contributed by atoms with Gasteiger partial charge in [0.25, 0.3) is 5.91 Å². The van der Waals surface area contributed by atoms with Gasteiger partial charge < -0.3 is 8.98 Å². The second-order valence-corrected chi connectivity index (χ2v) is 7.13. The summed E-state index contributed by atoms with van der Waals surface area (Å²) in [7, 11) is 0. The number of anilines is 1. The maximum Gasteiger partial charge on any atom is 0.268 e. The molecule has 1 amide bonds. The summed E-state index contributed by atoms with van der Waals surface area (Å²) >= 11 is 1.17. The zero-order valence-electron chi connectivity index (χ0n) is 15.4. The third-order valence-electron chi connectivity index (χ3n) is 4.13. The van der Waals surface area contributed by atoms with Gasteiger partial charge in [-0.2, -0.15) is 5.26 Å². The van der Waals surface area contributed by atoms with Gasteiger partial charge >= 0.3 is 0 Å². The number of amides is 1. The Balaban J connectivity index is 1.56. The van der Waals surface area contributed by atoms with Crippen molar-refractivity contribution >= 4 is 28.5 Å². The van der Waals surface area contributed by atoms with E-state index in [4.69, 9.17) is 4.42 Å². The van der Waals surface area contributed by atoms with Crippen LogP contribution in [-0.2, 0) is 4.79 Å². The van der Waals surface area contributed by atoms with E-state index >= 15 is 0 Å². The molecule has 3 heterocycles. The Labute approximate surface area is 170 Å². The zero-order valence-corrected chi connectivity index (χ0v) is 16.2. The van der Waals surface area contributed by atoms with Gasteiger partial charge in [0.05, 0.1) is 6.26 Å². The number of hydrogen-bond donors (Lipinski definition) is 1. The van der Waals surface area contributed by atoms with E-state index in [0.717, 1.165) is 11.3 Å². The number of nitrogens with one attached hydrogen (secondary N) is 1. The van der Waals surface area contributed by atoms with Crippen molar-refractivity contribution in [2.75, 3.05) is 5.32 Å². The Hall–Kier alpha value is -3.96. The quantitative estimate of drug-likeness (QED) is 0.394. The van der Waals surface area contributed by atoms with Crippen LogP contribution in [0.4, 0.5) is 5.13 Å². The lowest BCUT2D eigenvalue weighted by Gasteiger charge is -2.07. The van der Waals surface area contributed by atoms with Gasteiger partial charge in [-0.3, -0.25) is 10.1 Å². The summed E-state index contributed by atoms with van der Waals surface area (Å²) in [5.41, 5.74) is 2.78. The van der Waals surface area contributed by atoms with Crippen LogP contribution < -0.4 is 5.32 Å². The van der Waals surface area contributed by atoms with Crippen LogP contribution in [0.25, 0.3) is 22.5 Å². The average molecular weight is 401 g/mol. The molecule has 3 aromatic heterocycles. The molecule has 0 aliphatic heterocycles. The maximum absolute atomic E-state index is 12.6. The first-order valence-electron chi connectivity index (χ1n) is 8.69. The minimum atomic E-state index is -0.550. The van der Waals surface area contributed by atoms with Crippen LogP contribution in [0.15, 0.2) is 71.0 Å². The number of furan rings is 1. The molecule has 0 saturated carbocycles. The van der Waals surface area contributed by atoms with Crippen LogP contribution >= 0.6 is 11.3 Å². The van der Waals surface area contributed by atoms with Crippen molar-refractivity contribution in [1.82, 2.24) is 14.8 Å². The highest BCUT2D eigenvalue weighted by atomic mass is 32.1. The molecule has 0 unspecified atom stereocenters. The van der Waals surface area contributed by atoms with Gasteiger partial charge in [0.1, 0.15) is 11.6 Å². The summed E-state index contributed by atoms with van der Waals surface area (Å²) in [5, 5.41) is 20.9. The van der Waals surface area contributed by atoms with E-state index in [9.17, 15) is 10.1 Å². The molecule has 0 saturated heterocycles. The van der Waals surface area contributed by atoms with Crippen molar-refractivity contribution in [1.29, 1.82) is 5.26 Å². The van der Waals surface area contributed by atoms with Crippen molar-refractivity contribution in [3.8, 4) is 22.5 Å². The SMILES string of the molecule is Cc1ccc(-n2cccc2/C=C(/C#N)C(=O)Nc2nnc(-c3ccco3)s2)cc1. The van der Waals surface area contributed by atoms with E-state index in [1.54, 1.807) is 18.2 Å². The minimum absolute atomic E-state index is 0.0354. The summed E-state index contributed by atoms with van der Waals surface area (Å²) in [6, 6.07) is 17.1. The van der Waals surface area contributed by atoms with Gasteiger partial charge in [-0.05, 0) is 49.4 Å². The van der Waals surface area contributed by atoms with E-state index in [0.29, 0.717) is 16.5 Å². The van der Waals surface area contributed by atoms with Crippen molar-refractivity contribution in [3.63, 3.8) is 0 Å². The molecule has 0 radical (unpaired) electrons. The summed E-state index contributed by atoms with van der Waals surface area (Å²) in [5.74, 6) is 0.0151. The highest BCUT2D eigenvalue weighted by Gasteiger charge is 2.15. The van der Waals surface area contributed by atoms with Crippen LogP contribution in [0.3, 0.4) is 0 Å². The molecule has 8 heteroatoms. The molecule has 1 aromatic carbocycles. The lowest BCUT2D eigenvalue weighted by molar-refractivity contribution is -0.112. The Kier molecular flexibility index (Phi) is 5.05. The number of nitriles is 1. The molecule has 1 N–H and O–H groups in total. The van der Waals surface area contributed by atoms with Gasteiger partial charge in [-0.25, -0.2) is 0 Å². The topological polar surface area (TPSA) is 96.7 Å². The fourth-order valence-corrected chi connectivity index (χ4v) is 3.39. The summed E-state index contributed by atoms with van der Waals surface area (Å²) in [6.45, 7) is 2.02. The third kappa shape index (κ3) is 4.00. The molecule has 0 aliphatic carbocycles. The molecule has 4 rings (SSSR count). The first kappa shape index (κ1) is 18.4. The molecule has 142 valence electrons. The minimum Gasteiger partial charge on any atom is -0.462 e. The normalized spacial score (nSPS) is 11.2. The molecule has 0 bridgehead atoms. The molecule has 0 fully saturated rings. The molecule has 7 nitrogen and oxygen atoms in total. The van der Waals surface area contributed by atoms with E-state index < -0.39 is 5.91 Å². The van der Waals surface area contributed by atoms with Crippen molar-refractivity contribution in [3.05, 3.63) is 77.8 Å². The summed E-state index contributed by atoms with van der Waals surface area (Å²) < 4.78 is 7.17. The van der Waals surface area contributed by atoms with Crippen LogP contribution in [-0.4, -0.2) is 20.7 Å². The predicted molar refractivity (Wildman–Crippen MR) is 110 cm³/mol. The van der Waals surface area contributed by atoms with Crippen molar-refractivity contribution < 1.29 is 9.21 Å². The Morgan fingerprint density at radius 1 is 1.21 bits per heavy atom. The fraction of sp³-hybridized carbons (Fsp3) is 0.0476. The molecular weight excluding hydrogens is 386 g/mol. The van der Waals surface area contributed by atoms with Gasteiger partial charge in [0.15, 0.2) is 10.8 Å². The molecule has 0 aliphatic rings. The summed E-state index contributed by atoms with van der Waals surface area (Å²) in [4.78, 5) is 12.6. The smallest absolute Gasteiger partial charge is 0.268 e. The number of rotatable bonds is 5. The second-order valence-electron chi connectivity index (χ2n) is 6.15. The lowest BCUT2D eigenvalue weighted by Crippen LogP contribution is -2.13. The van der Waals surface area contributed by atoms with E-state index in [1.807, 2.05) is 60.2 Å². The number of aryl methyl sites for hydroxylation is 1. The Bertz CT molecular complexity index is 1210. The van der Waals surface area contributed by atoms with E-state index in [2.05, 4.69) is 15.5 Å². The highest BCUT2D eigenvalue weighted by Crippen LogP contribution is 2.26. The maximum atomic E-state index is 12.6. The van der Waals surface area contributed by atoms with E-state index in [1.165, 1.54) is 17.6 Å². The monoisotopic (exact) mass is 401 g/mol. The van der Waals surface area contributed by atoms with Crippen LogP contribution in [0.5, 0.6) is 0 Å². The van der Waals surface area contributed by atoms with Crippen LogP contribution in [0.2, 0.25) is 0 Å². The number of hydrogen-bond acceptors (Lipinski definition) is 6. The summed E-state index contributed by atoms with van der Waals surface area (Å²) in [6.07, 6.45) is 4.96. The Morgan fingerprint density at radius 2 is 2.03 bits per heavy atom. The van der Waals surface area contributed by atoms with Crippen LogP contribution in [0.1, 0.15) is 11.3 Å². The van der Waals surface area contributed by atoms with E-state index in [-0.39, 0.29) is 10.7 Å². The first-order chi connectivity index (χ1) is 14.1. The first-order valence-corrected chi connectivity index (χ1v) is 9.50. The zero-order chi connectivity index (χ0) is 20.2. The van der Waals surface area contributed by atoms with Crippen molar-refractivity contribution in [2.24, 2.45) is 0 Å². The Morgan fingerprint density at radius 3 is 2.76 bits per heavy atom. The molecule has 0 spiro atoms. The molecule has 29 heavy (non-hydrogen) atoms. The van der Waals surface area contributed by atoms with Gasteiger partial charge in [-0.1, -0.05) is 29.0 Å². The number of benzene rings is 1. The largest absolute Gasteiger partial charge is 0.462 e. The fourth-order valence-electron chi connectivity index (χ4n) is 2.69.